The summed E-state index contributed by atoms with van der Waals surface area (Å²) in [5, 5.41) is 11.8. The van der Waals surface area contributed by atoms with Crippen molar-refractivity contribution in [1.29, 1.82) is 0 Å². The Morgan fingerprint density at radius 2 is 1.91 bits per heavy atom. The zero-order chi connectivity index (χ0) is 24.5. The third kappa shape index (κ3) is 3.99. The lowest BCUT2D eigenvalue weighted by Crippen LogP contribution is -2.44. The summed E-state index contributed by atoms with van der Waals surface area (Å²) >= 11 is 0. The summed E-state index contributed by atoms with van der Waals surface area (Å²) in [6, 6.07) is 10.0. The van der Waals surface area contributed by atoms with Crippen LogP contribution < -0.4 is 21.6 Å². The molecule has 3 amide bonds. The minimum Gasteiger partial charge on any atom is -0.385 e. The number of rotatable bonds is 6. The molecule has 0 atom stereocenters. The van der Waals surface area contributed by atoms with Gasteiger partial charge in [-0.05, 0) is 24.3 Å². The van der Waals surface area contributed by atoms with Gasteiger partial charge in [0.05, 0.1) is 18.4 Å². The predicted octanol–water partition coefficient (Wildman–Crippen LogP) is 1.07. The number of carbonyl (C=O) groups is 2. The molecule has 0 aromatic carbocycles. The Labute approximate surface area is 199 Å². The monoisotopic (exact) mass is 474 g/mol. The number of carbonyl (C=O) groups excluding carboxylic acids is 2. The molecule has 3 N–H and O–H groups in total. The van der Waals surface area contributed by atoms with Crippen LogP contribution in [0.2, 0.25) is 0 Å². The predicted molar refractivity (Wildman–Crippen MR) is 128 cm³/mol. The third-order valence-electron chi connectivity index (χ3n) is 5.53. The van der Waals surface area contributed by atoms with E-state index in [4.69, 9.17) is 0 Å². The van der Waals surface area contributed by atoms with Crippen molar-refractivity contribution in [1.82, 2.24) is 39.5 Å². The molecule has 0 unspecified atom stereocenters. The van der Waals surface area contributed by atoms with E-state index in [1.807, 2.05) is 0 Å². The topological polar surface area (TPSA) is 142 Å². The number of nitrogens with one attached hydrogen (secondary N) is 3. The van der Waals surface area contributed by atoms with Crippen molar-refractivity contribution in [2.45, 2.75) is 0 Å². The number of aromatic nitrogens is 5. The minimum absolute atomic E-state index is 0.126. The molecule has 1 saturated heterocycles. The molecule has 13 heteroatoms. The van der Waals surface area contributed by atoms with Gasteiger partial charge in [0.15, 0.2) is 17.2 Å². The van der Waals surface area contributed by atoms with Crippen molar-refractivity contribution in [3.8, 4) is 5.82 Å². The number of hydrogen-bond acceptors (Lipinski definition) is 8. The van der Waals surface area contributed by atoms with E-state index in [-0.39, 0.29) is 23.0 Å². The quantitative estimate of drug-likeness (QED) is 0.377. The number of fused-ring (bicyclic) bond motifs is 1. The second-order valence-electron chi connectivity index (χ2n) is 7.78. The van der Waals surface area contributed by atoms with Gasteiger partial charge in [-0.2, -0.15) is 0 Å². The molecule has 0 spiro atoms. The van der Waals surface area contributed by atoms with Crippen LogP contribution in [0.4, 0.5) is 22.0 Å². The van der Waals surface area contributed by atoms with E-state index >= 15 is 0 Å². The van der Waals surface area contributed by atoms with Crippen LogP contribution >= 0.6 is 0 Å². The van der Waals surface area contributed by atoms with Gasteiger partial charge >= 0.3 is 6.03 Å². The maximum absolute atomic E-state index is 13.1. The molecule has 5 heterocycles. The smallest absolute Gasteiger partial charge is 0.338 e. The lowest BCUT2D eigenvalue weighted by molar-refractivity contribution is 0.0840. The highest BCUT2D eigenvalue weighted by Crippen LogP contribution is 2.22. The van der Waals surface area contributed by atoms with E-state index in [1.54, 1.807) is 62.9 Å². The summed E-state index contributed by atoms with van der Waals surface area (Å²) in [4.78, 5) is 48.2. The molecule has 5 rings (SSSR count). The van der Waals surface area contributed by atoms with Gasteiger partial charge in [0, 0.05) is 39.1 Å². The minimum atomic E-state index is -0.537. The standard InChI is InChI=1S/C22H22N10O3/c1-23-15-12-17(26-14-6-5-9-30(21(14)34)18-7-3-4-8-24-18)27-32-16(13-25-19(15)32)20(33)28-31-11-10-29(2)22(31)35/h3-9,12-13,23H,10-11H2,1-2H3,(H,26,27)(H,28,33). The highest BCUT2D eigenvalue weighted by Gasteiger charge is 2.28. The van der Waals surface area contributed by atoms with Gasteiger partial charge in [0.1, 0.15) is 11.5 Å². The fourth-order valence-electron chi connectivity index (χ4n) is 3.70. The summed E-state index contributed by atoms with van der Waals surface area (Å²) < 4.78 is 2.77. The highest BCUT2D eigenvalue weighted by atomic mass is 16.2. The van der Waals surface area contributed by atoms with Crippen LogP contribution in [0.5, 0.6) is 0 Å². The summed E-state index contributed by atoms with van der Waals surface area (Å²) in [6.07, 6.45) is 4.61. The average Bonchev–Trinajstić information content (AvgIpc) is 3.44. The van der Waals surface area contributed by atoms with Crippen LogP contribution in [0.15, 0.2) is 59.8 Å². The maximum Gasteiger partial charge on any atom is 0.338 e. The first-order chi connectivity index (χ1) is 17.0. The molecule has 35 heavy (non-hydrogen) atoms. The molecule has 1 fully saturated rings. The van der Waals surface area contributed by atoms with E-state index in [2.05, 4.69) is 31.1 Å². The zero-order valence-electron chi connectivity index (χ0n) is 19.0. The van der Waals surface area contributed by atoms with Crippen molar-refractivity contribution >= 4 is 34.8 Å². The highest BCUT2D eigenvalue weighted by molar-refractivity contribution is 5.95. The largest absolute Gasteiger partial charge is 0.385 e. The average molecular weight is 474 g/mol. The summed E-state index contributed by atoms with van der Waals surface area (Å²) in [6.45, 7) is 0.881. The first-order valence-electron chi connectivity index (χ1n) is 10.8. The second-order valence-corrected chi connectivity index (χ2v) is 7.78. The third-order valence-corrected chi connectivity index (χ3v) is 5.53. The maximum atomic E-state index is 13.1. The molecule has 1 aliphatic rings. The van der Waals surface area contributed by atoms with Gasteiger partial charge in [-0.15, -0.1) is 5.10 Å². The number of amides is 3. The Morgan fingerprint density at radius 1 is 1.06 bits per heavy atom. The summed E-state index contributed by atoms with van der Waals surface area (Å²) in [7, 11) is 3.37. The van der Waals surface area contributed by atoms with E-state index in [9.17, 15) is 14.4 Å². The molecule has 0 radical (unpaired) electrons. The second kappa shape index (κ2) is 8.78. The van der Waals surface area contributed by atoms with Gasteiger partial charge in [0.2, 0.25) is 0 Å². The number of urea groups is 1. The number of pyridine rings is 2. The molecule has 0 aliphatic carbocycles. The van der Waals surface area contributed by atoms with Crippen molar-refractivity contribution in [2.75, 3.05) is 37.8 Å². The van der Waals surface area contributed by atoms with Crippen LogP contribution in [0, 0.1) is 0 Å². The number of hydrazine groups is 1. The molecule has 1 aliphatic heterocycles. The van der Waals surface area contributed by atoms with Crippen LogP contribution in [0.3, 0.4) is 0 Å². The number of likely N-dealkylation sites (N-methyl/N-ethyl adjacent to an activating group) is 1. The summed E-state index contributed by atoms with van der Waals surface area (Å²) in [5.74, 6) is 0.253. The zero-order valence-corrected chi connectivity index (χ0v) is 19.0. The molecule has 4 aromatic heterocycles. The number of anilines is 3. The van der Waals surface area contributed by atoms with E-state index in [0.29, 0.717) is 36.1 Å². The Balaban J connectivity index is 1.49. The van der Waals surface area contributed by atoms with Crippen LogP contribution in [-0.2, 0) is 0 Å². The molecule has 0 bridgehead atoms. The van der Waals surface area contributed by atoms with Crippen molar-refractivity contribution < 1.29 is 9.59 Å². The van der Waals surface area contributed by atoms with Crippen molar-refractivity contribution in [3.05, 3.63) is 71.0 Å². The fraction of sp³-hybridized carbons (Fsp3) is 0.182. The van der Waals surface area contributed by atoms with Gasteiger partial charge in [-0.1, -0.05) is 6.07 Å². The van der Waals surface area contributed by atoms with Crippen molar-refractivity contribution in [2.24, 2.45) is 0 Å². The molecule has 0 saturated carbocycles. The first-order valence-corrected chi connectivity index (χ1v) is 10.8. The summed E-state index contributed by atoms with van der Waals surface area (Å²) in [5.41, 5.74) is 3.66. The van der Waals surface area contributed by atoms with Crippen LogP contribution in [0.25, 0.3) is 11.5 Å². The fourth-order valence-corrected chi connectivity index (χ4v) is 3.70. The van der Waals surface area contributed by atoms with Gasteiger partial charge in [-0.25, -0.2) is 24.3 Å². The number of nitrogens with zero attached hydrogens (tertiary/aromatic N) is 7. The SMILES string of the molecule is CNc1cc(Nc2cccn(-c3ccccn3)c2=O)nn2c(C(=O)NN3CCN(C)C3=O)cnc12. The normalized spacial score (nSPS) is 13.4. The van der Waals surface area contributed by atoms with Gasteiger partial charge < -0.3 is 15.5 Å². The van der Waals surface area contributed by atoms with E-state index in [1.165, 1.54) is 25.2 Å². The van der Waals surface area contributed by atoms with E-state index < -0.39 is 5.91 Å². The molecular weight excluding hydrogens is 452 g/mol. The lowest BCUT2D eigenvalue weighted by Gasteiger charge is -2.16. The molecule has 4 aromatic rings. The van der Waals surface area contributed by atoms with Gasteiger partial charge in [0.25, 0.3) is 11.5 Å². The Bertz CT molecular complexity index is 1480. The number of imidazole rings is 1. The number of hydrogen-bond donors (Lipinski definition) is 3. The Morgan fingerprint density at radius 3 is 2.63 bits per heavy atom. The Kier molecular flexibility index (Phi) is 5.49. The van der Waals surface area contributed by atoms with Crippen LogP contribution in [0.1, 0.15) is 10.5 Å². The van der Waals surface area contributed by atoms with E-state index in [0.717, 1.165) is 0 Å². The Hall–Kier alpha value is -4.94. The molecular formula is C22H22N10O3. The lowest BCUT2D eigenvalue weighted by atomic mass is 10.3. The van der Waals surface area contributed by atoms with Gasteiger partial charge in [-0.3, -0.25) is 19.6 Å². The van der Waals surface area contributed by atoms with Crippen molar-refractivity contribution in [3.63, 3.8) is 0 Å². The first kappa shape index (κ1) is 21.9. The molecule has 178 valence electrons. The molecule has 13 nitrogen and oxygen atoms in total. The van der Waals surface area contributed by atoms with Crippen LogP contribution in [-0.4, -0.2) is 73.2 Å².